The summed E-state index contributed by atoms with van der Waals surface area (Å²) in [6.45, 7) is 1.68. The quantitative estimate of drug-likeness (QED) is 0.750. The largest absolute Gasteiger partial charge is 0.351 e. The molecule has 1 aromatic carbocycles. The molecule has 2 N–H and O–H groups in total. The Hall–Kier alpha value is -1.24. The van der Waals surface area contributed by atoms with E-state index in [4.69, 9.17) is 0 Å². The number of rotatable bonds is 7. The van der Waals surface area contributed by atoms with Gasteiger partial charge in [-0.25, -0.2) is 4.39 Å². The number of halogens is 2. The van der Waals surface area contributed by atoms with Gasteiger partial charge in [0.1, 0.15) is 12.4 Å². The zero-order valence-electron chi connectivity index (χ0n) is 12.4. The Morgan fingerprint density at radius 1 is 1.32 bits per heavy atom. The minimum absolute atomic E-state index is 0.00976. The van der Waals surface area contributed by atoms with E-state index >= 15 is 0 Å². The van der Waals surface area contributed by atoms with Crippen molar-refractivity contribution in [2.75, 3.05) is 20.1 Å². The van der Waals surface area contributed by atoms with Gasteiger partial charge < -0.3 is 10.2 Å². The van der Waals surface area contributed by atoms with Crippen molar-refractivity contribution in [3.05, 3.63) is 56.4 Å². The van der Waals surface area contributed by atoms with Gasteiger partial charge in [0.15, 0.2) is 6.54 Å². The number of carbonyl (C=O) groups excluding carboxylic acids is 1. The summed E-state index contributed by atoms with van der Waals surface area (Å²) >= 11 is 5.12. The third-order valence-electron chi connectivity index (χ3n) is 3.24. The van der Waals surface area contributed by atoms with E-state index in [9.17, 15) is 9.18 Å². The molecular formula is C16H19BrFN2OS+. The predicted octanol–water partition coefficient (Wildman–Crippen LogP) is 2.02. The maximum atomic E-state index is 13.4. The third kappa shape index (κ3) is 5.51. The van der Waals surface area contributed by atoms with Gasteiger partial charge in [0.25, 0.3) is 5.91 Å². The molecule has 0 spiro atoms. The van der Waals surface area contributed by atoms with Gasteiger partial charge in [-0.05, 0) is 46.1 Å². The van der Waals surface area contributed by atoms with Crippen LogP contribution in [-0.4, -0.2) is 26.0 Å². The van der Waals surface area contributed by atoms with Crippen LogP contribution in [0.15, 0.2) is 40.2 Å². The van der Waals surface area contributed by atoms with E-state index in [0.717, 1.165) is 15.2 Å². The smallest absolute Gasteiger partial charge is 0.275 e. The monoisotopic (exact) mass is 385 g/mol. The molecule has 6 heteroatoms. The molecule has 0 aliphatic heterocycles. The number of nitrogens with one attached hydrogen (secondary N) is 2. The molecule has 0 saturated heterocycles. The van der Waals surface area contributed by atoms with Gasteiger partial charge in [-0.2, -0.15) is 0 Å². The molecule has 1 aromatic heterocycles. The van der Waals surface area contributed by atoms with Crippen molar-refractivity contribution in [3.63, 3.8) is 0 Å². The number of hydrogen-bond donors (Lipinski definition) is 2. The second-order valence-electron chi connectivity index (χ2n) is 5.21. The SMILES string of the molecule is C[NH+](CC(=O)NCCc1ccccc1F)Cc1ccc(Br)s1. The van der Waals surface area contributed by atoms with Crippen LogP contribution >= 0.6 is 27.3 Å². The second-order valence-corrected chi connectivity index (χ2v) is 7.76. The molecule has 1 unspecified atom stereocenters. The van der Waals surface area contributed by atoms with E-state index in [0.29, 0.717) is 25.1 Å². The molecule has 0 fully saturated rings. The molecule has 0 saturated carbocycles. The molecule has 0 aliphatic carbocycles. The highest BCUT2D eigenvalue weighted by Crippen LogP contribution is 2.21. The van der Waals surface area contributed by atoms with E-state index in [1.165, 1.54) is 10.9 Å². The topological polar surface area (TPSA) is 33.5 Å². The van der Waals surface area contributed by atoms with E-state index in [2.05, 4.69) is 27.3 Å². The summed E-state index contributed by atoms with van der Waals surface area (Å²) in [5.74, 6) is -0.229. The maximum absolute atomic E-state index is 13.4. The molecule has 0 bridgehead atoms. The van der Waals surface area contributed by atoms with Crippen molar-refractivity contribution in [3.8, 4) is 0 Å². The minimum atomic E-state index is -0.220. The molecule has 0 aliphatic rings. The summed E-state index contributed by atoms with van der Waals surface area (Å²) in [4.78, 5) is 14.3. The molecule has 3 nitrogen and oxygen atoms in total. The van der Waals surface area contributed by atoms with Crippen LogP contribution in [0.2, 0.25) is 0 Å². The maximum Gasteiger partial charge on any atom is 0.275 e. The zero-order chi connectivity index (χ0) is 15.9. The Morgan fingerprint density at radius 2 is 2.09 bits per heavy atom. The summed E-state index contributed by atoms with van der Waals surface area (Å²) < 4.78 is 14.6. The number of carbonyl (C=O) groups is 1. The highest BCUT2D eigenvalue weighted by molar-refractivity contribution is 9.11. The molecule has 1 heterocycles. The predicted molar refractivity (Wildman–Crippen MR) is 90.6 cm³/mol. The van der Waals surface area contributed by atoms with Crippen molar-refractivity contribution in [1.29, 1.82) is 0 Å². The van der Waals surface area contributed by atoms with Crippen LogP contribution in [0.4, 0.5) is 4.39 Å². The average Bonchev–Trinajstić information content (AvgIpc) is 2.86. The molecule has 0 radical (unpaired) electrons. The minimum Gasteiger partial charge on any atom is -0.351 e. The van der Waals surface area contributed by atoms with Crippen molar-refractivity contribution < 1.29 is 14.1 Å². The van der Waals surface area contributed by atoms with Gasteiger partial charge in [0.2, 0.25) is 0 Å². The molecule has 1 atom stereocenters. The summed E-state index contributed by atoms with van der Waals surface area (Å²) in [5.41, 5.74) is 0.631. The first-order valence-corrected chi connectivity index (χ1v) is 8.71. The van der Waals surface area contributed by atoms with Crippen LogP contribution in [0.5, 0.6) is 0 Å². The highest BCUT2D eigenvalue weighted by Gasteiger charge is 2.11. The van der Waals surface area contributed by atoms with Gasteiger partial charge in [-0.3, -0.25) is 4.79 Å². The molecule has 1 amide bonds. The average molecular weight is 386 g/mol. The van der Waals surface area contributed by atoms with Crippen molar-refractivity contribution in [2.24, 2.45) is 0 Å². The molecule has 2 aromatic rings. The number of quaternary nitrogens is 1. The Balaban J connectivity index is 1.70. The van der Waals surface area contributed by atoms with Crippen LogP contribution in [0, 0.1) is 5.82 Å². The van der Waals surface area contributed by atoms with Crippen molar-refractivity contribution in [1.82, 2.24) is 5.32 Å². The van der Waals surface area contributed by atoms with Crippen LogP contribution in [0.1, 0.15) is 10.4 Å². The summed E-state index contributed by atoms with van der Waals surface area (Å²) in [6, 6.07) is 10.7. The van der Waals surface area contributed by atoms with Gasteiger partial charge in [0.05, 0.1) is 15.7 Å². The Morgan fingerprint density at radius 3 is 2.77 bits per heavy atom. The lowest BCUT2D eigenvalue weighted by Crippen LogP contribution is -3.08. The lowest BCUT2D eigenvalue weighted by Gasteiger charge is -2.13. The van der Waals surface area contributed by atoms with Crippen molar-refractivity contribution >= 4 is 33.2 Å². The fraction of sp³-hybridized carbons (Fsp3) is 0.312. The molecule has 22 heavy (non-hydrogen) atoms. The summed E-state index contributed by atoms with van der Waals surface area (Å²) in [6.07, 6.45) is 0.509. The van der Waals surface area contributed by atoms with Gasteiger partial charge in [-0.15, -0.1) is 11.3 Å². The van der Waals surface area contributed by atoms with Crippen LogP contribution in [0.3, 0.4) is 0 Å². The lowest BCUT2D eigenvalue weighted by atomic mass is 10.1. The van der Waals surface area contributed by atoms with Gasteiger partial charge in [0, 0.05) is 6.54 Å². The number of thiophene rings is 1. The molecule has 2 rings (SSSR count). The number of amides is 1. The molecular weight excluding hydrogens is 367 g/mol. The fourth-order valence-electron chi connectivity index (χ4n) is 2.18. The first-order chi connectivity index (χ1) is 10.5. The standard InChI is InChI=1S/C16H18BrFN2OS/c1-20(10-13-6-7-15(17)22-13)11-16(21)19-9-8-12-4-2-3-5-14(12)18/h2-7H,8-11H2,1H3,(H,19,21)/p+1. The number of benzene rings is 1. The van der Waals surface area contributed by atoms with Gasteiger partial charge in [-0.1, -0.05) is 18.2 Å². The second kappa shape index (κ2) is 8.41. The van der Waals surface area contributed by atoms with Crippen LogP contribution in [0.25, 0.3) is 0 Å². The summed E-state index contributed by atoms with van der Waals surface area (Å²) in [5, 5.41) is 2.85. The third-order valence-corrected chi connectivity index (χ3v) is 4.87. The van der Waals surface area contributed by atoms with Crippen LogP contribution in [-0.2, 0) is 17.8 Å². The first kappa shape index (κ1) is 17.1. The Kier molecular flexibility index (Phi) is 6.54. The Labute approximate surface area is 142 Å². The molecule has 118 valence electrons. The highest BCUT2D eigenvalue weighted by atomic mass is 79.9. The Bertz CT molecular complexity index is 632. The fourth-order valence-corrected chi connectivity index (χ4v) is 3.78. The van der Waals surface area contributed by atoms with E-state index < -0.39 is 0 Å². The zero-order valence-corrected chi connectivity index (χ0v) is 14.8. The van der Waals surface area contributed by atoms with Gasteiger partial charge >= 0.3 is 0 Å². The van der Waals surface area contributed by atoms with Crippen molar-refractivity contribution in [2.45, 2.75) is 13.0 Å². The van der Waals surface area contributed by atoms with E-state index in [1.807, 2.05) is 13.1 Å². The van der Waals surface area contributed by atoms with Crippen LogP contribution < -0.4 is 10.2 Å². The first-order valence-electron chi connectivity index (χ1n) is 7.10. The number of hydrogen-bond acceptors (Lipinski definition) is 2. The summed E-state index contributed by atoms with van der Waals surface area (Å²) in [7, 11) is 1.99. The normalized spacial score (nSPS) is 12.1. The number of likely N-dealkylation sites (N-methyl/N-ethyl adjacent to an activating group) is 1. The van der Waals surface area contributed by atoms with E-state index in [1.54, 1.807) is 29.5 Å². The lowest BCUT2D eigenvalue weighted by molar-refractivity contribution is -0.885. The van der Waals surface area contributed by atoms with E-state index in [-0.39, 0.29) is 11.7 Å².